The lowest BCUT2D eigenvalue weighted by atomic mass is 10.1. The first-order valence-corrected chi connectivity index (χ1v) is 5.40. The SMILES string of the molecule is O=C[C@H]1[C@H](c2ccc(F)c(Cl)c2)C1(Cl)Cl. The molecule has 1 nitrogen and oxygen atoms in total. The fraction of sp³-hybridized carbons (Fsp3) is 0.300. The van der Waals surface area contributed by atoms with E-state index in [1.165, 1.54) is 18.2 Å². The minimum absolute atomic E-state index is 0.00758. The van der Waals surface area contributed by atoms with Crippen molar-refractivity contribution in [3.05, 3.63) is 34.6 Å². The molecule has 0 saturated heterocycles. The Kier molecular flexibility index (Phi) is 2.70. The van der Waals surface area contributed by atoms with Gasteiger partial charge in [0.2, 0.25) is 0 Å². The van der Waals surface area contributed by atoms with Gasteiger partial charge in [-0.3, -0.25) is 0 Å². The molecule has 0 unspecified atom stereocenters. The Hall–Kier alpha value is -0.310. The molecule has 0 radical (unpaired) electrons. The summed E-state index contributed by atoms with van der Waals surface area (Å²) in [5.41, 5.74) is 0.684. The van der Waals surface area contributed by atoms with Crippen LogP contribution in [-0.2, 0) is 4.79 Å². The number of alkyl halides is 2. The van der Waals surface area contributed by atoms with Crippen LogP contribution >= 0.6 is 34.8 Å². The first-order valence-electron chi connectivity index (χ1n) is 4.26. The molecule has 0 aromatic heterocycles. The van der Waals surface area contributed by atoms with E-state index in [2.05, 4.69) is 0 Å². The smallest absolute Gasteiger partial charge is 0.141 e. The summed E-state index contributed by atoms with van der Waals surface area (Å²) < 4.78 is 11.8. The topological polar surface area (TPSA) is 17.1 Å². The maximum absolute atomic E-state index is 12.9. The molecule has 2 atom stereocenters. The van der Waals surface area contributed by atoms with Crippen LogP contribution in [0.2, 0.25) is 5.02 Å². The van der Waals surface area contributed by atoms with Crippen molar-refractivity contribution in [1.82, 2.24) is 0 Å². The molecule has 0 aliphatic heterocycles. The molecule has 80 valence electrons. The third kappa shape index (κ3) is 1.75. The molecule has 2 rings (SSSR count). The second-order valence-electron chi connectivity index (χ2n) is 3.49. The maximum atomic E-state index is 12.9. The number of rotatable bonds is 2. The highest BCUT2D eigenvalue weighted by atomic mass is 35.5. The zero-order valence-corrected chi connectivity index (χ0v) is 9.65. The van der Waals surface area contributed by atoms with Crippen LogP contribution in [0, 0.1) is 11.7 Å². The van der Waals surface area contributed by atoms with E-state index in [1.54, 1.807) is 0 Å². The average molecular weight is 268 g/mol. The van der Waals surface area contributed by atoms with Gasteiger partial charge >= 0.3 is 0 Å². The molecule has 0 bridgehead atoms. The zero-order chi connectivity index (χ0) is 11.2. The van der Waals surface area contributed by atoms with Crippen LogP contribution in [0.5, 0.6) is 0 Å². The number of carbonyl (C=O) groups excluding carboxylic acids is 1. The van der Waals surface area contributed by atoms with Crippen molar-refractivity contribution in [2.45, 2.75) is 10.3 Å². The number of hydrogen-bond donors (Lipinski definition) is 0. The van der Waals surface area contributed by atoms with E-state index in [0.29, 0.717) is 11.8 Å². The predicted octanol–water partition coefficient (Wildman–Crippen LogP) is 3.57. The second kappa shape index (κ2) is 3.62. The minimum atomic E-state index is -1.08. The Morgan fingerprint density at radius 3 is 2.53 bits per heavy atom. The van der Waals surface area contributed by atoms with E-state index in [9.17, 15) is 9.18 Å². The standard InChI is InChI=1S/C10H6Cl3FO/c11-7-3-5(1-2-8(7)14)9-6(4-15)10(9,12)13/h1-4,6,9H/t6-,9-/m0/s1. The summed E-state index contributed by atoms with van der Waals surface area (Å²) in [6, 6.07) is 4.22. The number of carbonyl (C=O) groups is 1. The Morgan fingerprint density at radius 2 is 2.07 bits per heavy atom. The summed E-state index contributed by atoms with van der Waals surface area (Å²) in [5.74, 6) is -1.24. The van der Waals surface area contributed by atoms with Crippen molar-refractivity contribution in [3.8, 4) is 0 Å². The summed E-state index contributed by atoms with van der Waals surface area (Å²) in [7, 11) is 0. The van der Waals surface area contributed by atoms with Gasteiger partial charge in [0.1, 0.15) is 16.4 Å². The average Bonchev–Trinajstić information content (AvgIpc) is 2.73. The van der Waals surface area contributed by atoms with Crippen LogP contribution in [0.1, 0.15) is 11.5 Å². The van der Waals surface area contributed by atoms with Gasteiger partial charge in [-0.25, -0.2) is 4.39 Å². The van der Waals surface area contributed by atoms with E-state index in [-0.39, 0.29) is 10.9 Å². The van der Waals surface area contributed by atoms with Crippen molar-refractivity contribution in [2.24, 2.45) is 5.92 Å². The van der Waals surface area contributed by atoms with Gasteiger partial charge in [0.25, 0.3) is 0 Å². The largest absolute Gasteiger partial charge is 0.303 e. The second-order valence-corrected chi connectivity index (χ2v) is 5.34. The third-order valence-electron chi connectivity index (χ3n) is 2.56. The molecule has 0 spiro atoms. The Labute approximate surface area is 101 Å². The van der Waals surface area contributed by atoms with Crippen LogP contribution in [0.25, 0.3) is 0 Å². The molecule has 0 amide bonds. The van der Waals surface area contributed by atoms with Gasteiger partial charge in [0.15, 0.2) is 0 Å². The maximum Gasteiger partial charge on any atom is 0.141 e. The van der Waals surface area contributed by atoms with Gasteiger partial charge in [-0.1, -0.05) is 17.7 Å². The van der Waals surface area contributed by atoms with Gasteiger partial charge in [-0.2, -0.15) is 0 Å². The van der Waals surface area contributed by atoms with E-state index in [1.807, 2.05) is 0 Å². The fourth-order valence-corrected chi connectivity index (χ4v) is 2.60. The molecule has 0 heterocycles. The Balaban J connectivity index is 2.33. The fourth-order valence-electron chi connectivity index (χ4n) is 1.66. The Morgan fingerprint density at radius 1 is 1.40 bits per heavy atom. The molecule has 15 heavy (non-hydrogen) atoms. The van der Waals surface area contributed by atoms with Crippen LogP contribution in [-0.4, -0.2) is 10.6 Å². The molecular weight excluding hydrogens is 261 g/mol. The van der Waals surface area contributed by atoms with Gasteiger partial charge in [0.05, 0.1) is 10.9 Å². The van der Waals surface area contributed by atoms with E-state index < -0.39 is 16.1 Å². The van der Waals surface area contributed by atoms with Gasteiger partial charge in [0, 0.05) is 5.92 Å². The molecule has 0 N–H and O–H groups in total. The van der Waals surface area contributed by atoms with Crippen LogP contribution in [0.3, 0.4) is 0 Å². The van der Waals surface area contributed by atoms with Crippen molar-refractivity contribution in [1.29, 1.82) is 0 Å². The highest BCUT2D eigenvalue weighted by Gasteiger charge is 2.64. The van der Waals surface area contributed by atoms with Crippen molar-refractivity contribution in [2.75, 3.05) is 0 Å². The van der Waals surface area contributed by atoms with Crippen LogP contribution in [0.15, 0.2) is 18.2 Å². The lowest BCUT2D eigenvalue weighted by Crippen LogP contribution is -1.91. The highest BCUT2D eigenvalue weighted by Crippen LogP contribution is 2.64. The number of halogens is 4. The van der Waals surface area contributed by atoms with Crippen molar-refractivity contribution >= 4 is 41.1 Å². The number of aldehydes is 1. The summed E-state index contributed by atoms with van der Waals surface area (Å²) in [5, 5.41) is 0.00758. The molecule has 1 aliphatic carbocycles. The summed E-state index contributed by atoms with van der Waals surface area (Å²) in [6.45, 7) is 0. The van der Waals surface area contributed by atoms with Gasteiger partial charge < -0.3 is 4.79 Å². The van der Waals surface area contributed by atoms with E-state index in [0.717, 1.165) is 0 Å². The molecule has 1 aliphatic rings. The predicted molar refractivity (Wildman–Crippen MR) is 58.1 cm³/mol. The molecular formula is C10H6Cl3FO. The van der Waals surface area contributed by atoms with E-state index in [4.69, 9.17) is 34.8 Å². The van der Waals surface area contributed by atoms with Crippen molar-refractivity contribution < 1.29 is 9.18 Å². The molecule has 1 saturated carbocycles. The first-order chi connectivity index (χ1) is 6.98. The first kappa shape index (κ1) is 11.2. The molecule has 1 aromatic rings. The Bertz CT molecular complexity index is 419. The highest BCUT2D eigenvalue weighted by molar-refractivity contribution is 6.53. The zero-order valence-electron chi connectivity index (χ0n) is 7.38. The molecule has 5 heteroatoms. The molecule has 1 aromatic carbocycles. The lowest BCUT2D eigenvalue weighted by molar-refractivity contribution is -0.108. The summed E-state index contributed by atoms with van der Waals surface area (Å²) >= 11 is 17.4. The number of benzene rings is 1. The summed E-state index contributed by atoms with van der Waals surface area (Å²) in [4.78, 5) is 10.6. The number of hydrogen-bond acceptors (Lipinski definition) is 1. The normalized spacial score (nSPS) is 27.5. The van der Waals surface area contributed by atoms with Gasteiger partial charge in [-0.15, -0.1) is 23.2 Å². The monoisotopic (exact) mass is 266 g/mol. The lowest BCUT2D eigenvalue weighted by Gasteiger charge is -2.01. The minimum Gasteiger partial charge on any atom is -0.303 e. The van der Waals surface area contributed by atoms with Crippen LogP contribution < -0.4 is 0 Å². The van der Waals surface area contributed by atoms with E-state index >= 15 is 0 Å². The molecule has 1 fully saturated rings. The summed E-state index contributed by atoms with van der Waals surface area (Å²) in [6.07, 6.45) is 0.710. The van der Waals surface area contributed by atoms with Gasteiger partial charge in [-0.05, 0) is 17.7 Å². The van der Waals surface area contributed by atoms with Crippen LogP contribution in [0.4, 0.5) is 4.39 Å². The quantitative estimate of drug-likeness (QED) is 0.591. The third-order valence-corrected chi connectivity index (χ3v) is 3.82. The van der Waals surface area contributed by atoms with Crippen molar-refractivity contribution in [3.63, 3.8) is 0 Å².